The molecule has 18 heavy (non-hydrogen) atoms. The lowest BCUT2D eigenvalue weighted by atomic mass is 9.94. The number of aliphatic hydroxyl groups excluding tert-OH is 1. The zero-order valence-electron chi connectivity index (χ0n) is 10.4. The zero-order valence-corrected chi connectivity index (χ0v) is 10.4. The minimum absolute atomic E-state index is 0.182. The van der Waals surface area contributed by atoms with Gasteiger partial charge in [-0.25, -0.2) is 4.98 Å². The van der Waals surface area contributed by atoms with Crippen LogP contribution in [0.2, 0.25) is 0 Å². The number of carbonyl (C=O) groups excluding carboxylic acids is 1. The van der Waals surface area contributed by atoms with Crippen molar-refractivity contribution in [2.75, 3.05) is 26.2 Å². The highest BCUT2D eigenvalue weighted by Crippen LogP contribution is 2.25. The highest BCUT2D eigenvalue weighted by atomic mass is 16.3. The van der Waals surface area contributed by atoms with Crippen molar-refractivity contribution in [1.82, 2.24) is 9.88 Å². The fraction of sp³-hybridized carbons (Fsp3) is 0.538. The highest BCUT2D eigenvalue weighted by Gasteiger charge is 2.22. The molecule has 0 unspecified atom stereocenters. The van der Waals surface area contributed by atoms with Gasteiger partial charge in [-0.05, 0) is 31.5 Å². The molecule has 1 aromatic rings. The Morgan fingerprint density at radius 3 is 3.11 bits per heavy atom. The van der Waals surface area contributed by atoms with Crippen LogP contribution < -0.4 is 5.73 Å². The number of β-amino-alcohol motifs (C(OH)–C–C–N with tert-alkyl or cyclic N) is 1. The van der Waals surface area contributed by atoms with Crippen LogP contribution in [0.15, 0.2) is 18.2 Å². The molecule has 0 bridgehead atoms. The first-order chi connectivity index (χ1) is 8.70. The van der Waals surface area contributed by atoms with E-state index in [2.05, 4.69) is 9.88 Å². The van der Waals surface area contributed by atoms with Crippen LogP contribution in [-0.4, -0.2) is 47.1 Å². The molecule has 0 aromatic carbocycles. The molecular weight excluding hydrogens is 230 g/mol. The second-order valence-electron chi connectivity index (χ2n) is 4.68. The summed E-state index contributed by atoms with van der Waals surface area (Å²) in [6.07, 6.45) is 2.16. The van der Waals surface area contributed by atoms with E-state index >= 15 is 0 Å². The first-order valence-electron chi connectivity index (χ1n) is 6.30. The molecule has 98 valence electrons. The van der Waals surface area contributed by atoms with Crippen molar-refractivity contribution < 1.29 is 9.90 Å². The van der Waals surface area contributed by atoms with E-state index in [9.17, 15) is 4.79 Å². The summed E-state index contributed by atoms with van der Waals surface area (Å²) >= 11 is 0. The lowest BCUT2D eigenvalue weighted by Crippen LogP contribution is -2.36. The van der Waals surface area contributed by atoms with Crippen LogP contribution in [0.5, 0.6) is 0 Å². The molecule has 1 aromatic heterocycles. The number of hydrogen-bond acceptors (Lipinski definition) is 4. The van der Waals surface area contributed by atoms with Gasteiger partial charge in [-0.1, -0.05) is 6.07 Å². The summed E-state index contributed by atoms with van der Waals surface area (Å²) in [5, 5.41) is 8.97. The number of aliphatic hydroxyl groups is 1. The van der Waals surface area contributed by atoms with Gasteiger partial charge in [0, 0.05) is 24.7 Å². The van der Waals surface area contributed by atoms with E-state index in [-0.39, 0.29) is 6.61 Å². The fourth-order valence-electron chi connectivity index (χ4n) is 2.46. The molecule has 5 heteroatoms. The van der Waals surface area contributed by atoms with Crippen molar-refractivity contribution in [1.29, 1.82) is 0 Å². The third-order valence-electron chi connectivity index (χ3n) is 3.36. The van der Waals surface area contributed by atoms with Crippen molar-refractivity contribution in [3.8, 4) is 0 Å². The van der Waals surface area contributed by atoms with E-state index in [0.29, 0.717) is 18.2 Å². The number of hydrogen-bond donors (Lipinski definition) is 2. The lowest BCUT2D eigenvalue weighted by Gasteiger charge is -2.31. The van der Waals surface area contributed by atoms with Crippen LogP contribution in [-0.2, 0) is 0 Å². The maximum atomic E-state index is 11.1. The average Bonchev–Trinajstić information content (AvgIpc) is 2.39. The van der Waals surface area contributed by atoms with Crippen molar-refractivity contribution in [3.63, 3.8) is 0 Å². The Kier molecular flexibility index (Phi) is 4.28. The van der Waals surface area contributed by atoms with Gasteiger partial charge < -0.3 is 15.7 Å². The van der Waals surface area contributed by atoms with Crippen LogP contribution in [0.4, 0.5) is 0 Å². The van der Waals surface area contributed by atoms with Gasteiger partial charge in [0.25, 0.3) is 5.91 Å². The minimum atomic E-state index is -0.486. The molecule has 1 atom stereocenters. The van der Waals surface area contributed by atoms with Crippen LogP contribution in [0.1, 0.15) is 34.9 Å². The van der Waals surface area contributed by atoms with Crippen molar-refractivity contribution >= 4 is 5.91 Å². The smallest absolute Gasteiger partial charge is 0.267 e. The Hall–Kier alpha value is -1.46. The maximum Gasteiger partial charge on any atom is 0.267 e. The molecule has 1 aliphatic heterocycles. The molecule has 0 saturated carbocycles. The summed E-state index contributed by atoms with van der Waals surface area (Å²) < 4.78 is 0. The van der Waals surface area contributed by atoms with E-state index in [0.717, 1.165) is 31.6 Å². The molecule has 2 heterocycles. The second-order valence-corrected chi connectivity index (χ2v) is 4.68. The zero-order chi connectivity index (χ0) is 13.0. The van der Waals surface area contributed by atoms with E-state index in [1.54, 1.807) is 6.07 Å². The monoisotopic (exact) mass is 249 g/mol. The molecule has 1 aliphatic rings. The Balaban J connectivity index is 2.10. The van der Waals surface area contributed by atoms with Gasteiger partial charge in [-0.2, -0.15) is 0 Å². The summed E-state index contributed by atoms with van der Waals surface area (Å²) in [4.78, 5) is 17.7. The standard InChI is InChI=1S/C13H19N3O2/c14-13(18)12-5-1-4-11(15-12)10-3-2-6-16(9-10)7-8-17/h1,4-5,10,17H,2-3,6-9H2,(H2,14,18)/t10-/m0/s1. The number of likely N-dealkylation sites (tertiary alicyclic amines) is 1. The molecule has 1 fully saturated rings. The van der Waals surface area contributed by atoms with Gasteiger partial charge in [0.1, 0.15) is 5.69 Å². The first-order valence-corrected chi connectivity index (χ1v) is 6.30. The Morgan fingerprint density at radius 1 is 1.56 bits per heavy atom. The molecule has 1 amide bonds. The van der Waals surface area contributed by atoms with Gasteiger partial charge in [-0.15, -0.1) is 0 Å². The number of aromatic nitrogens is 1. The minimum Gasteiger partial charge on any atom is -0.395 e. The SMILES string of the molecule is NC(=O)c1cccc([C@H]2CCCN(CCO)C2)n1. The van der Waals surface area contributed by atoms with Gasteiger partial charge in [-0.3, -0.25) is 4.79 Å². The number of primary amides is 1. The summed E-state index contributed by atoms with van der Waals surface area (Å²) in [7, 11) is 0. The van der Waals surface area contributed by atoms with Crippen LogP contribution in [0.25, 0.3) is 0 Å². The van der Waals surface area contributed by atoms with Crippen molar-refractivity contribution in [3.05, 3.63) is 29.6 Å². The molecule has 2 rings (SSSR count). The Morgan fingerprint density at radius 2 is 2.39 bits per heavy atom. The van der Waals surface area contributed by atoms with Crippen molar-refractivity contribution in [2.45, 2.75) is 18.8 Å². The highest BCUT2D eigenvalue weighted by molar-refractivity contribution is 5.90. The molecule has 0 radical (unpaired) electrons. The van der Waals surface area contributed by atoms with Crippen molar-refractivity contribution in [2.24, 2.45) is 5.73 Å². The van der Waals surface area contributed by atoms with E-state index in [4.69, 9.17) is 10.8 Å². The summed E-state index contributed by atoms with van der Waals surface area (Å²) in [6.45, 7) is 2.79. The van der Waals surface area contributed by atoms with Crippen LogP contribution in [0.3, 0.4) is 0 Å². The number of piperidine rings is 1. The van der Waals surface area contributed by atoms with E-state index < -0.39 is 5.91 Å². The third kappa shape index (κ3) is 3.05. The summed E-state index contributed by atoms with van der Waals surface area (Å²) in [5.41, 5.74) is 6.49. The van der Waals surface area contributed by atoms with Crippen LogP contribution in [0, 0.1) is 0 Å². The maximum absolute atomic E-state index is 11.1. The predicted molar refractivity (Wildman–Crippen MR) is 68.3 cm³/mol. The number of amides is 1. The third-order valence-corrected chi connectivity index (χ3v) is 3.36. The normalized spacial score (nSPS) is 20.8. The number of rotatable bonds is 4. The molecule has 5 nitrogen and oxygen atoms in total. The van der Waals surface area contributed by atoms with E-state index in [1.807, 2.05) is 12.1 Å². The van der Waals surface area contributed by atoms with Gasteiger partial charge in [0.2, 0.25) is 0 Å². The predicted octanol–water partition coefficient (Wildman–Crippen LogP) is 0.352. The first kappa shape index (κ1) is 13.0. The molecular formula is C13H19N3O2. The van der Waals surface area contributed by atoms with E-state index in [1.165, 1.54) is 0 Å². The fourth-order valence-corrected chi connectivity index (χ4v) is 2.46. The molecule has 1 saturated heterocycles. The number of pyridine rings is 1. The van der Waals surface area contributed by atoms with Crippen LogP contribution >= 0.6 is 0 Å². The Labute approximate surface area is 107 Å². The number of carbonyl (C=O) groups is 1. The molecule has 0 aliphatic carbocycles. The quantitative estimate of drug-likeness (QED) is 0.807. The largest absolute Gasteiger partial charge is 0.395 e. The molecule has 3 N–H and O–H groups in total. The number of nitrogens with zero attached hydrogens (tertiary/aromatic N) is 2. The lowest BCUT2D eigenvalue weighted by molar-refractivity contribution is 0.0995. The molecule has 0 spiro atoms. The van der Waals surface area contributed by atoms with Gasteiger partial charge in [0.05, 0.1) is 6.61 Å². The second kappa shape index (κ2) is 5.93. The summed E-state index contributed by atoms with van der Waals surface area (Å²) in [6, 6.07) is 5.41. The van der Waals surface area contributed by atoms with Gasteiger partial charge in [0.15, 0.2) is 0 Å². The topological polar surface area (TPSA) is 79.5 Å². The van der Waals surface area contributed by atoms with Gasteiger partial charge >= 0.3 is 0 Å². The summed E-state index contributed by atoms with van der Waals surface area (Å²) in [5.74, 6) is -0.163. The number of nitrogens with two attached hydrogens (primary N) is 1. The average molecular weight is 249 g/mol. The Bertz CT molecular complexity index is 420.